The van der Waals surface area contributed by atoms with Crippen LogP contribution < -0.4 is 33.0 Å². The molecule has 0 amide bonds. The highest BCUT2D eigenvalue weighted by molar-refractivity contribution is 5.81. The van der Waals surface area contributed by atoms with Crippen molar-refractivity contribution in [1.82, 2.24) is 4.98 Å². The van der Waals surface area contributed by atoms with E-state index < -0.39 is 0 Å². The monoisotopic (exact) mass is 447 g/mol. The van der Waals surface area contributed by atoms with E-state index in [0.29, 0.717) is 28.1 Å². The Kier molecular flexibility index (Phi) is 7.72. The SMILES string of the molecule is C=CC(=C\N=C(N)N)/C(N)=C/c1cc[nH]c(=O)c1C(=C)Nc1ccc(N2CCOCC2)cc1. The Labute approximate surface area is 192 Å². The Bertz CT molecular complexity index is 1150. The largest absolute Gasteiger partial charge is 0.398 e. The molecule has 172 valence electrons. The average molecular weight is 448 g/mol. The van der Waals surface area contributed by atoms with Crippen molar-refractivity contribution in [1.29, 1.82) is 0 Å². The third-order valence-electron chi connectivity index (χ3n) is 5.05. The molecule has 33 heavy (non-hydrogen) atoms. The van der Waals surface area contributed by atoms with Crippen molar-refractivity contribution in [2.75, 3.05) is 36.5 Å². The number of aromatic nitrogens is 1. The van der Waals surface area contributed by atoms with E-state index in [1.165, 1.54) is 12.3 Å². The van der Waals surface area contributed by atoms with Gasteiger partial charge in [0.15, 0.2) is 5.96 Å². The van der Waals surface area contributed by atoms with Gasteiger partial charge in [0.1, 0.15) is 0 Å². The molecule has 1 aliphatic rings. The highest BCUT2D eigenvalue weighted by Gasteiger charge is 2.13. The van der Waals surface area contributed by atoms with Gasteiger partial charge in [0, 0.05) is 53.8 Å². The van der Waals surface area contributed by atoms with Gasteiger partial charge in [0.05, 0.1) is 18.8 Å². The van der Waals surface area contributed by atoms with Crippen LogP contribution in [0.5, 0.6) is 0 Å². The maximum Gasteiger partial charge on any atom is 0.257 e. The Hall–Kier alpha value is -4.24. The van der Waals surface area contributed by atoms with Gasteiger partial charge in [0.25, 0.3) is 5.56 Å². The van der Waals surface area contributed by atoms with E-state index in [1.54, 1.807) is 18.3 Å². The van der Waals surface area contributed by atoms with Gasteiger partial charge < -0.3 is 37.1 Å². The van der Waals surface area contributed by atoms with Gasteiger partial charge in [-0.05, 0) is 42.0 Å². The fraction of sp³-hybridized carbons (Fsp3) is 0.167. The van der Waals surface area contributed by atoms with E-state index in [4.69, 9.17) is 21.9 Å². The maximum absolute atomic E-state index is 12.6. The molecule has 2 aromatic rings. The van der Waals surface area contributed by atoms with Crippen molar-refractivity contribution < 1.29 is 4.74 Å². The number of guanidine groups is 1. The summed E-state index contributed by atoms with van der Waals surface area (Å²) in [6.45, 7) is 11.0. The molecule has 0 atom stereocenters. The molecule has 0 radical (unpaired) electrons. The fourth-order valence-electron chi connectivity index (χ4n) is 3.38. The number of aliphatic imine (C=N–C) groups is 1. The van der Waals surface area contributed by atoms with Crippen LogP contribution in [-0.2, 0) is 4.74 Å². The lowest BCUT2D eigenvalue weighted by atomic mass is 10.0. The van der Waals surface area contributed by atoms with Crippen LogP contribution in [0.15, 0.2) is 83.0 Å². The molecule has 0 spiro atoms. The number of nitrogens with zero attached hydrogens (tertiary/aromatic N) is 2. The predicted octanol–water partition coefficient (Wildman–Crippen LogP) is 1.94. The number of hydrogen-bond donors (Lipinski definition) is 5. The number of anilines is 2. The highest BCUT2D eigenvalue weighted by Crippen LogP contribution is 2.23. The van der Waals surface area contributed by atoms with E-state index in [-0.39, 0.29) is 11.5 Å². The van der Waals surface area contributed by atoms with E-state index in [1.807, 2.05) is 24.3 Å². The van der Waals surface area contributed by atoms with Crippen LogP contribution >= 0.6 is 0 Å². The molecule has 3 rings (SSSR count). The van der Waals surface area contributed by atoms with Gasteiger partial charge >= 0.3 is 0 Å². The summed E-state index contributed by atoms with van der Waals surface area (Å²) < 4.78 is 5.40. The molecule has 0 saturated carbocycles. The smallest absolute Gasteiger partial charge is 0.257 e. The minimum Gasteiger partial charge on any atom is -0.398 e. The van der Waals surface area contributed by atoms with Gasteiger partial charge in [0.2, 0.25) is 0 Å². The molecule has 1 aromatic heterocycles. The van der Waals surface area contributed by atoms with E-state index in [9.17, 15) is 4.79 Å². The van der Waals surface area contributed by atoms with Crippen LogP contribution in [0.25, 0.3) is 11.8 Å². The van der Waals surface area contributed by atoms with Crippen LogP contribution in [-0.4, -0.2) is 37.2 Å². The number of aromatic amines is 1. The fourth-order valence-corrected chi connectivity index (χ4v) is 3.38. The number of pyridine rings is 1. The lowest BCUT2D eigenvalue weighted by Gasteiger charge is -2.29. The molecule has 1 saturated heterocycles. The van der Waals surface area contributed by atoms with Crippen molar-refractivity contribution in [3.63, 3.8) is 0 Å². The molecule has 2 heterocycles. The standard InChI is InChI=1S/C24H29N7O2/c1-3-17(15-29-24(26)27)21(25)14-18-8-9-28-23(32)22(18)16(2)30-19-4-6-20(7-5-19)31-10-12-33-13-11-31/h3-9,14-15,30H,1-2,10-13,25H2,(H,28,32)(H4,26,27,29)/b17-15+,21-14-. The quantitative estimate of drug-likeness (QED) is 0.236. The predicted molar refractivity (Wildman–Crippen MR) is 135 cm³/mol. The number of ether oxygens (including phenoxy) is 1. The van der Waals surface area contributed by atoms with Crippen molar-refractivity contribution in [3.8, 4) is 0 Å². The summed E-state index contributed by atoms with van der Waals surface area (Å²) in [7, 11) is 0. The maximum atomic E-state index is 12.6. The zero-order valence-electron chi connectivity index (χ0n) is 18.4. The van der Waals surface area contributed by atoms with Gasteiger partial charge in [-0.15, -0.1) is 0 Å². The van der Waals surface area contributed by atoms with Gasteiger partial charge in [-0.25, -0.2) is 4.99 Å². The van der Waals surface area contributed by atoms with E-state index >= 15 is 0 Å². The summed E-state index contributed by atoms with van der Waals surface area (Å²) in [5, 5.41) is 3.21. The van der Waals surface area contributed by atoms with Gasteiger partial charge in [-0.2, -0.15) is 0 Å². The first-order valence-electron chi connectivity index (χ1n) is 10.4. The summed E-state index contributed by atoms with van der Waals surface area (Å²) in [4.78, 5) is 21.4. The Morgan fingerprint density at radius 2 is 1.85 bits per heavy atom. The number of rotatable bonds is 8. The van der Waals surface area contributed by atoms with Crippen molar-refractivity contribution in [3.05, 3.63) is 94.7 Å². The first-order valence-corrected chi connectivity index (χ1v) is 10.4. The number of benzene rings is 1. The zero-order valence-corrected chi connectivity index (χ0v) is 18.4. The zero-order chi connectivity index (χ0) is 23.8. The summed E-state index contributed by atoms with van der Waals surface area (Å²) in [5.74, 6) is -0.101. The first-order chi connectivity index (χ1) is 15.9. The Balaban J connectivity index is 1.84. The molecule has 0 bridgehead atoms. The molecule has 0 aliphatic carbocycles. The Morgan fingerprint density at radius 3 is 2.48 bits per heavy atom. The molecule has 1 aliphatic heterocycles. The van der Waals surface area contributed by atoms with Crippen molar-refractivity contribution in [2.45, 2.75) is 0 Å². The summed E-state index contributed by atoms with van der Waals surface area (Å²) >= 11 is 0. The first kappa shape index (κ1) is 23.4. The second-order valence-electron chi connectivity index (χ2n) is 7.33. The second kappa shape index (κ2) is 10.9. The number of morpholine rings is 1. The number of nitrogens with one attached hydrogen (secondary N) is 2. The third kappa shape index (κ3) is 6.14. The summed E-state index contributed by atoms with van der Waals surface area (Å²) in [6.07, 6.45) is 6.12. The summed E-state index contributed by atoms with van der Waals surface area (Å²) in [5.41, 5.74) is 20.8. The molecule has 1 fully saturated rings. The van der Waals surface area contributed by atoms with Crippen LogP contribution in [0.1, 0.15) is 11.1 Å². The number of hydrogen-bond acceptors (Lipinski definition) is 6. The van der Waals surface area contributed by atoms with Crippen LogP contribution in [0.3, 0.4) is 0 Å². The molecule has 0 unspecified atom stereocenters. The highest BCUT2D eigenvalue weighted by atomic mass is 16.5. The third-order valence-corrected chi connectivity index (χ3v) is 5.05. The Morgan fingerprint density at radius 1 is 1.15 bits per heavy atom. The van der Waals surface area contributed by atoms with E-state index in [2.05, 4.69) is 33.4 Å². The molecule has 9 nitrogen and oxygen atoms in total. The molecule has 8 N–H and O–H groups in total. The minimum absolute atomic E-state index is 0.101. The summed E-state index contributed by atoms with van der Waals surface area (Å²) in [6, 6.07) is 9.69. The number of nitrogens with two attached hydrogens (primary N) is 3. The normalized spacial score (nSPS) is 14.5. The minimum atomic E-state index is -0.299. The van der Waals surface area contributed by atoms with Crippen molar-refractivity contribution >= 4 is 29.1 Å². The van der Waals surface area contributed by atoms with Crippen LogP contribution in [0.2, 0.25) is 0 Å². The second-order valence-corrected chi connectivity index (χ2v) is 7.33. The average Bonchev–Trinajstić information content (AvgIpc) is 2.80. The lowest BCUT2D eigenvalue weighted by molar-refractivity contribution is 0.122. The van der Waals surface area contributed by atoms with Crippen LogP contribution in [0.4, 0.5) is 11.4 Å². The topological polar surface area (TPSA) is 148 Å². The van der Waals surface area contributed by atoms with Crippen molar-refractivity contribution in [2.24, 2.45) is 22.2 Å². The molecular weight excluding hydrogens is 418 g/mol. The van der Waals surface area contributed by atoms with Gasteiger partial charge in [-0.3, -0.25) is 4.79 Å². The number of H-pyrrole nitrogens is 1. The molecular formula is C24H29N7O2. The molecule has 9 heteroatoms. The van der Waals surface area contributed by atoms with E-state index in [0.717, 1.165) is 37.7 Å². The van der Waals surface area contributed by atoms with Crippen LogP contribution in [0, 0.1) is 0 Å². The number of allylic oxidation sites excluding steroid dienone is 1. The van der Waals surface area contributed by atoms with Gasteiger partial charge in [-0.1, -0.05) is 19.2 Å². The lowest BCUT2D eigenvalue weighted by Crippen LogP contribution is -2.36. The molecule has 1 aromatic carbocycles.